The van der Waals surface area contributed by atoms with E-state index in [0.717, 1.165) is 19.4 Å². The van der Waals surface area contributed by atoms with Crippen LogP contribution in [-0.2, 0) is 10.0 Å². The van der Waals surface area contributed by atoms with E-state index in [0.29, 0.717) is 24.0 Å². The van der Waals surface area contributed by atoms with E-state index in [1.54, 1.807) is 0 Å². The molecule has 2 fully saturated rings. The quantitative estimate of drug-likeness (QED) is 0.872. The van der Waals surface area contributed by atoms with Crippen LogP contribution < -0.4 is 5.32 Å². The molecule has 1 N–H and O–H groups in total. The Bertz CT molecular complexity index is 628. The predicted molar refractivity (Wildman–Crippen MR) is 84.7 cm³/mol. The zero-order valence-electron chi connectivity index (χ0n) is 11.2. The van der Waals surface area contributed by atoms with Gasteiger partial charge in [-0.3, -0.25) is 0 Å². The number of halogens is 3. The normalized spacial score (nSPS) is 26.8. The molecular weight excluding hydrogens is 355 g/mol. The van der Waals surface area contributed by atoms with Crippen LogP contribution in [0.2, 0.25) is 15.1 Å². The summed E-state index contributed by atoms with van der Waals surface area (Å²) in [6.45, 7) is 1.91. The van der Waals surface area contributed by atoms with Crippen LogP contribution >= 0.6 is 34.8 Å². The molecule has 1 aromatic carbocycles. The second-order valence-corrected chi connectivity index (χ2v) is 8.61. The average molecular weight is 370 g/mol. The van der Waals surface area contributed by atoms with E-state index >= 15 is 0 Å². The molecule has 0 radical (unpaired) electrons. The molecule has 0 aromatic heterocycles. The maximum atomic E-state index is 12.8. The van der Waals surface area contributed by atoms with Gasteiger partial charge < -0.3 is 5.32 Å². The molecule has 1 aromatic rings. The number of rotatable bonds is 2. The first kappa shape index (κ1) is 15.8. The summed E-state index contributed by atoms with van der Waals surface area (Å²) < 4.78 is 27.1. The molecule has 0 unspecified atom stereocenters. The van der Waals surface area contributed by atoms with Crippen LogP contribution in [0.25, 0.3) is 0 Å². The molecule has 2 saturated heterocycles. The van der Waals surface area contributed by atoms with Crippen molar-refractivity contribution < 1.29 is 8.42 Å². The van der Waals surface area contributed by atoms with Crippen molar-refractivity contribution >= 4 is 44.8 Å². The van der Waals surface area contributed by atoms with Crippen molar-refractivity contribution in [3.8, 4) is 0 Å². The van der Waals surface area contributed by atoms with Crippen LogP contribution in [0.4, 0.5) is 0 Å². The van der Waals surface area contributed by atoms with Crippen LogP contribution in [0.1, 0.15) is 12.8 Å². The first-order chi connectivity index (χ1) is 9.89. The fourth-order valence-corrected chi connectivity index (χ4v) is 6.12. The van der Waals surface area contributed by atoms with Crippen molar-refractivity contribution in [3.63, 3.8) is 0 Å². The highest BCUT2D eigenvalue weighted by atomic mass is 35.5. The maximum absolute atomic E-state index is 12.8. The Kier molecular flexibility index (Phi) is 4.43. The summed E-state index contributed by atoms with van der Waals surface area (Å²) >= 11 is 18.0. The molecule has 8 heteroatoms. The zero-order valence-corrected chi connectivity index (χ0v) is 14.2. The van der Waals surface area contributed by atoms with Gasteiger partial charge in [-0.15, -0.1) is 0 Å². The third kappa shape index (κ3) is 2.92. The van der Waals surface area contributed by atoms with Crippen molar-refractivity contribution in [1.82, 2.24) is 9.62 Å². The molecule has 0 spiro atoms. The van der Waals surface area contributed by atoms with Gasteiger partial charge in [-0.25, -0.2) is 8.42 Å². The zero-order chi connectivity index (χ0) is 15.2. The average Bonchev–Trinajstić information content (AvgIpc) is 2.81. The third-order valence-corrected chi connectivity index (χ3v) is 7.10. The molecular formula is C13H15Cl3N2O2S. The van der Waals surface area contributed by atoms with E-state index in [4.69, 9.17) is 34.8 Å². The van der Waals surface area contributed by atoms with Crippen LogP contribution in [0, 0.1) is 5.92 Å². The fraction of sp³-hybridized carbons (Fsp3) is 0.538. The van der Waals surface area contributed by atoms with Crippen molar-refractivity contribution in [1.29, 1.82) is 0 Å². The van der Waals surface area contributed by atoms with Gasteiger partial charge in [0.25, 0.3) is 0 Å². The highest BCUT2D eigenvalue weighted by molar-refractivity contribution is 7.89. The molecule has 4 nitrogen and oxygen atoms in total. The number of benzene rings is 1. The summed E-state index contributed by atoms with van der Waals surface area (Å²) in [6.07, 6.45) is 2.13. The lowest BCUT2D eigenvalue weighted by atomic mass is 9.94. The van der Waals surface area contributed by atoms with Crippen LogP contribution in [-0.4, -0.2) is 38.4 Å². The van der Waals surface area contributed by atoms with Gasteiger partial charge in [-0.1, -0.05) is 34.8 Å². The van der Waals surface area contributed by atoms with Gasteiger partial charge in [0, 0.05) is 24.2 Å². The Labute approximate surface area is 139 Å². The standard InChI is InChI=1S/C13H15Cl3N2O2S/c14-9-4-10(15)13(11(16)5-9)21(19,20)18-6-8-2-1-3-17-12(8)7-18/h4-5,8,12,17H,1-3,6-7H2/t8-,12+/m0/s1. The van der Waals surface area contributed by atoms with Gasteiger partial charge in [-0.05, 0) is 37.4 Å². The van der Waals surface area contributed by atoms with Crippen LogP contribution in [0.3, 0.4) is 0 Å². The first-order valence-corrected chi connectivity index (χ1v) is 9.35. The Balaban J connectivity index is 1.95. The molecule has 3 rings (SSSR count). The lowest BCUT2D eigenvalue weighted by Crippen LogP contribution is -2.41. The molecule has 2 aliphatic heterocycles. The lowest BCUT2D eigenvalue weighted by molar-refractivity contribution is 0.339. The Morgan fingerprint density at radius 2 is 1.81 bits per heavy atom. The number of sulfonamides is 1. The van der Waals surface area contributed by atoms with Gasteiger partial charge in [0.2, 0.25) is 10.0 Å². The smallest absolute Gasteiger partial charge is 0.246 e. The van der Waals surface area contributed by atoms with Crippen molar-refractivity contribution in [2.75, 3.05) is 19.6 Å². The summed E-state index contributed by atoms with van der Waals surface area (Å²) in [5.74, 6) is 0.360. The third-order valence-electron chi connectivity index (χ3n) is 4.13. The summed E-state index contributed by atoms with van der Waals surface area (Å²) in [4.78, 5) is -0.0473. The molecule has 0 aliphatic carbocycles. The largest absolute Gasteiger partial charge is 0.312 e. The Morgan fingerprint density at radius 1 is 1.14 bits per heavy atom. The minimum absolute atomic E-state index is 0.0473. The van der Waals surface area contributed by atoms with Gasteiger partial charge in [0.1, 0.15) is 4.90 Å². The topological polar surface area (TPSA) is 49.4 Å². The number of nitrogens with one attached hydrogen (secondary N) is 1. The molecule has 0 amide bonds. The molecule has 0 saturated carbocycles. The second-order valence-electron chi connectivity index (χ2n) is 5.48. The SMILES string of the molecule is O=S(=O)(c1c(Cl)cc(Cl)cc1Cl)N1C[C@@H]2CCCN[C@@H]2C1. The molecule has 2 atom stereocenters. The fourth-order valence-electron chi connectivity index (χ4n) is 3.11. The molecule has 2 aliphatic rings. The highest BCUT2D eigenvalue weighted by Crippen LogP contribution is 2.37. The number of hydrogen-bond acceptors (Lipinski definition) is 3. The Hall–Kier alpha value is -0.0400. The van der Waals surface area contributed by atoms with Crippen LogP contribution in [0.5, 0.6) is 0 Å². The van der Waals surface area contributed by atoms with Crippen molar-refractivity contribution in [2.45, 2.75) is 23.8 Å². The highest BCUT2D eigenvalue weighted by Gasteiger charge is 2.41. The van der Waals surface area contributed by atoms with E-state index in [9.17, 15) is 8.42 Å². The van der Waals surface area contributed by atoms with E-state index in [2.05, 4.69) is 5.32 Å². The molecule has 0 bridgehead atoms. The Morgan fingerprint density at radius 3 is 2.43 bits per heavy atom. The number of hydrogen-bond donors (Lipinski definition) is 1. The lowest BCUT2D eigenvalue weighted by Gasteiger charge is -2.24. The number of piperidine rings is 1. The van der Waals surface area contributed by atoms with Crippen molar-refractivity contribution in [3.05, 3.63) is 27.2 Å². The summed E-state index contributed by atoms with van der Waals surface area (Å²) in [5.41, 5.74) is 0. The first-order valence-electron chi connectivity index (χ1n) is 6.77. The molecule has 116 valence electrons. The summed E-state index contributed by atoms with van der Waals surface area (Å²) in [5, 5.41) is 3.83. The monoisotopic (exact) mass is 368 g/mol. The number of fused-ring (bicyclic) bond motifs is 1. The van der Waals surface area contributed by atoms with Gasteiger partial charge >= 0.3 is 0 Å². The molecule has 21 heavy (non-hydrogen) atoms. The number of nitrogens with zero attached hydrogens (tertiary/aromatic N) is 1. The van der Waals surface area contributed by atoms with E-state index < -0.39 is 10.0 Å². The minimum atomic E-state index is -3.70. The van der Waals surface area contributed by atoms with Gasteiger partial charge in [0.05, 0.1) is 10.0 Å². The maximum Gasteiger partial charge on any atom is 0.246 e. The predicted octanol–water partition coefficient (Wildman–Crippen LogP) is 3.02. The minimum Gasteiger partial charge on any atom is -0.312 e. The van der Waals surface area contributed by atoms with Gasteiger partial charge in [-0.2, -0.15) is 4.31 Å². The van der Waals surface area contributed by atoms with Crippen molar-refractivity contribution in [2.24, 2.45) is 5.92 Å². The van der Waals surface area contributed by atoms with E-state index in [-0.39, 0.29) is 21.0 Å². The second kappa shape index (κ2) is 5.87. The van der Waals surface area contributed by atoms with E-state index in [1.165, 1.54) is 16.4 Å². The van der Waals surface area contributed by atoms with E-state index in [1.807, 2.05) is 0 Å². The molecule has 2 heterocycles. The summed E-state index contributed by atoms with van der Waals surface area (Å²) in [6, 6.07) is 3.03. The summed E-state index contributed by atoms with van der Waals surface area (Å²) in [7, 11) is -3.70. The van der Waals surface area contributed by atoms with Gasteiger partial charge in [0.15, 0.2) is 0 Å². The van der Waals surface area contributed by atoms with Crippen LogP contribution in [0.15, 0.2) is 17.0 Å².